The zero-order valence-electron chi connectivity index (χ0n) is 12.0. The predicted molar refractivity (Wildman–Crippen MR) is 83.7 cm³/mol. The SMILES string of the molecule is CCNC(C)c1ccc(SC(C)C(C)C)c(Cl)c1. The molecule has 3 heteroatoms. The molecule has 0 aliphatic heterocycles. The number of hydrogen-bond acceptors (Lipinski definition) is 2. The van der Waals surface area contributed by atoms with Gasteiger partial charge in [0.25, 0.3) is 0 Å². The Kier molecular flexibility index (Phi) is 6.54. The van der Waals surface area contributed by atoms with Crippen LogP contribution in [0.5, 0.6) is 0 Å². The molecule has 0 aliphatic rings. The molecule has 0 saturated heterocycles. The van der Waals surface area contributed by atoms with E-state index in [-0.39, 0.29) is 0 Å². The number of halogens is 1. The van der Waals surface area contributed by atoms with E-state index in [0.717, 1.165) is 11.6 Å². The monoisotopic (exact) mass is 285 g/mol. The van der Waals surface area contributed by atoms with Gasteiger partial charge in [0.1, 0.15) is 0 Å². The van der Waals surface area contributed by atoms with Crippen LogP contribution in [0.25, 0.3) is 0 Å². The number of rotatable bonds is 6. The van der Waals surface area contributed by atoms with Gasteiger partial charge >= 0.3 is 0 Å². The van der Waals surface area contributed by atoms with E-state index in [9.17, 15) is 0 Å². The first-order valence-corrected chi connectivity index (χ1v) is 7.91. The first-order chi connectivity index (χ1) is 8.45. The quantitative estimate of drug-likeness (QED) is 0.726. The molecule has 0 saturated carbocycles. The Labute approximate surface area is 121 Å². The minimum Gasteiger partial charge on any atom is -0.310 e. The Bertz CT molecular complexity index is 379. The van der Waals surface area contributed by atoms with Crippen molar-refractivity contribution in [2.24, 2.45) is 5.92 Å². The van der Waals surface area contributed by atoms with Gasteiger partial charge in [-0.15, -0.1) is 11.8 Å². The van der Waals surface area contributed by atoms with Crippen molar-refractivity contribution in [3.05, 3.63) is 28.8 Å². The highest BCUT2D eigenvalue weighted by atomic mass is 35.5. The zero-order valence-corrected chi connectivity index (χ0v) is 13.5. The third-order valence-electron chi connectivity index (χ3n) is 3.22. The van der Waals surface area contributed by atoms with Crippen molar-refractivity contribution in [2.45, 2.75) is 50.8 Å². The lowest BCUT2D eigenvalue weighted by Gasteiger charge is -2.18. The topological polar surface area (TPSA) is 12.0 Å². The lowest BCUT2D eigenvalue weighted by atomic mass is 10.1. The zero-order chi connectivity index (χ0) is 13.7. The van der Waals surface area contributed by atoms with E-state index in [2.05, 4.69) is 58.1 Å². The third kappa shape index (κ3) is 4.49. The predicted octanol–water partition coefficient (Wildman–Crippen LogP) is 5.15. The number of hydrogen-bond donors (Lipinski definition) is 1. The van der Waals surface area contributed by atoms with Crippen LogP contribution in [0.1, 0.15) is 46.2 Å². The second-order valence-corrected chi connectivity index (χ2v) is 6.86. The van der Waals surface area contributed by atoms with Gasteiger partial charge in [-0.3, -0.25) is 0 Å². The number of nitrogens with one attached hydrogen (secondary N) is 1. The molecular weight excluding hydrogens is 262 g/mol. The van der Waals surface area contributed by atoms with Gasteiger partial charge < -0.3 is 5.32 Å². The fourth-order valence-electron chi connectivity index (χ4n) is 1.64. The Balaban J connectivity index is 2.79. The van der Waals surface area contributed by atoms with E-state index in [1.165, 1.54) is 10.5 Å². The molecule has 1 aromatic rings. The molecule has 1 nitrogen and oxygen atoms in total. The van der Waals surface area contributed by atoms with E-state index in [1.54, 1.807) is 0 Å². The van der Waals surface area contributed by atoms with Gasteiger partial charge in [-0.1, -0.05) is 45.4 Å². The number of thioether (sulfide) groups is 1. The van der Waals surface area contributed by atoms with Gasteiger partial charge in [-0.05, 0) is 37.1 Å². The molecular formula is C15H24ClNS. The first-order valence-electron chi connectivity index (χ1n) is 6.65. The van der Waals surface area contributed by atoms with Crippen molar-refractivity contribution in [3.63, 3.8) is 0 Å². The minimum atomic E-state index is 0.356. The average Bonchev–Trinajstić information content (AvgIpc) is 2.31. The largest absolute Gasteiger partial charge is 0.310 e. The summed E-state index contributed by atoms with van der Waals surface area (Å²) in [6, 6.07) is 6.77. The maximum Gasteiger partial charge on any atom is 0.0545 e. The summed E-state index contributed by atoms with van der Waals surface area (Å²) < 4.78 is 0. The van der Waals surface area contributed by atoms with Crippen LogP contribution in [-0.4, -0.2) is 11.8 Å². The van der Waals surface area contributed by atoms with E-state index in [1.807, 2.05) is 11.8 Å². The molecule has 0 heterocycles. The van der Waals surface area contributed by atoms with Crippen molar-refractivity contribution in [3.8, 4) is 0 Å². The van der Waals surface area contributed by atoms with Crippen LogP contribution in [0.3, 0.4) is 0 Å². The highest BCUT2D eigenvalue weighted by Crippen LogP contribution is 2.34. The summed E-state index contributed by atoms with van der Waals surface area (Å²) in [5.74, 6) is 0.659. The Morgan fingerprint density at radius 3 is 2.39 bits per heavy atom. The van der Waals surface area contributed by atoms with Crippen LogP contribution < -0.4 is 5.32 Å². The molecule has 102 valence electrons. The van der Waals surface area contributed by atoms with E-state index < -0.39 is 0 Å². The summed E-state index contributed by atoms with van der Waals surface area (Å²) in [4.78, 5) is 1.19. The molecule has 0 fully saturated rings. The molecule has 2 atom stereocenters. The molecule has 0 amide bonds. The van der Waals surface area contributed by atoms with Crippen molar-refractivity contribution < 1.29 is 0 Å². The second-order valence-electron chi connectivity index (χ2n) is 5.04. The molecule has 0 aliphatic carbocycles. The third-order valence-corrected chi connectivity index (χ3v) is 5.17. The van der Waals surface area contributed by atoms with E-state index >= 15 is 0 Å². The molecule has 1 N–H and O–H groups in total. The molecule has 0 bridgehead atoms. The molecule has 1 aromatic carbocycles. The molecule has 0 radical (unpaired) electrons. The van der Waals surface area contributed by atoms with Crippen LogP contribution in [0.2, 0.25) is 5.02 Å². The fourth-order valence-corrected chi connectivity index (χ4v) is 2.96. The van der Waals surface area contributed by atoms with Crippen molar-refractivity contribution in [1.82, 2.24) is 5.32 Å². The van der Waals surface area contributed by atoms with Gasteiger partial charge in [-0.2, -0.15) is 0 Å². The molecule has 0 aromatic heterocycles. The summed E-state index contributed by atoms with van der Waals surface area (Å²) in [5.41, 5.74) is 1.25. The van der Waals surface area contributed by atoms with E-state index in [4.69, 9.17) is 11.6 Å². The van der Waals surface area contributed by atoms with Gasteiger partial charge in [0.05, 0.1) is 5.02 Å². The van der Waals surface area contributed by atoms with Gasteiger partial charge in [0.2, 0.25) is 0 Å². The average molecular weight is 286 g/mol. The summed E-state index contributed by atoms with van der Waals surface area (Å²) in [5, 5.41) is 4.86. The van der Waals surface area contributed by atoms with Crippen LogP contribution >= 0.6 is 23.4 Å². The minimum absolute atomic E-state index is 0.356. The van der Waals surface area contributed by atoms with Gasteiger partial charge in [0, 0.05) is 16.2 Å². The summed E-state index contributed by atoms with van der Waals surface area (Å²) in [7, 11) is 0. The van der Waals surface area contributed by atoms with Crippen LogP contribution in [-0.2, 0) is 0 Å². The molecule has 0 spiro atoms. The van der Waals surface area contributed by atoms with Gasteiger partial charge in [-0.25, -0.2) is 0 Å². The highest BCUT2D eigenvalue weighted by Gasteiger charge is 2.12. The Hall–Kier alpha value is -0.180. The summed E-state index contributed by atoms with van der Waals surface area (Å²) in [6.45, 7) is 12.0. The standard InChI is InChI=1S/C15H24ClNS/c1-6-17-11(4)13-7-8-15(14(16)9-13)18-12(5)10(2)3/h7-12,17H,6H2,1-5H3. The lowest BCUT2D eigenvalue weighted by molar-refractivity contribution is 0.598. The molecule has 18 heavy (non-hydrogen) atoms. The van der Waals surface area contributed by atoms with Gasteiger partial charge in [0.15, 0.2) is 0 Å². The maximum atomic E-state index is 6.37. The maximum absolute atomic E-state index is 6.37. The van der Waals surface area contributed by atoms with Crippen molar-refractivity contribution in [2.75, 3.05) is 6.54 Å². The van der Waals surface area contributed by atoms with Crippen molar-refractivity contribution >= 4 is 23.4 Å². The summed E-state index contributed by atoms with van der Waals surface area (Å²) in [6.07, 6.45) is 0. The van der Waals surface area contributed by atoms with E-state index in [0.29, 0.717) is 17.2 Å². The Morgan fingerprint density at radius 2 is 1.89 bits per heavy atom. The van der Waals surface area contributed by atoms with Crippen LogP contribution in [0.15, 0.2) is 23.1 Å². The summed E-state index contributed by atoms with van der Waals surface area (Å²) >= 11 is 8.23. The van der Waals surface area contributed by atoms with Crippen molar-refractivity contribution in [1.29, 1.82) is 0 Å². The number of benzene rings is 1. The second kappa shape index (κ2) is 7.42. The van der Waals surface area contributed by atoms with Crippen LogP contribution in [0.4, 0.5) is 0 Å². The molecule has 2 unspecified atom stereocenters. The Morgan fingerprint density at radius 1 is 1.22 bits per heavy atom. The smallest absolute Gasteiger partial charge is 0.0545 e. The highest BCUT2D eigenvalue weighted by molar-refractivity contribution is 8.00. The normalized spacial score (nSPS) is 14.8. The molecule has 1 rings (SSSR count). The fraction of sp³-hybridized carbons (Fsp3) is 0.600. The van der Waals surface area contributed by atoms with Crippen LogP contribution in [0, 0.1) is 5.92 Å². The lowest BCUT2D eigenvalue weighted by Crippen LogP contribution is -2.17. The first kappa shape index (κ1) is 15.9.